The summed E-state index contributed by atoms with van der Waals surface area (Å²) in [6.07, 6.45) is 2.38. The third-order valence-electron chi connectivity index (χ3n) is 5.93. The minimum atomic E-state index is 0. The van der Waals surface area contributed by atoms with Gasteiger partial charge in [0.1, 0.15) is 0 Å². The van der Waals surface area contributed by atoms with Crippen molar-refractivity contribution in [1.82, 2.24) is 10.2 Å². The van der Waals surface area contributed by atoms with Crippen molar-refractivity contribution in [3.63, 3.8) is 0 Å². The number of halogens is 1. The van der Waals surface area contributed by atoms with Crippen LogP contribution >= 0.6 is 24.0 Å². The molecule has 1 N–H and O–H groups in total. The van der Waals surface area contributed by atoms with Crippen LogP contribution < -0.4 is 10.2 Å². The fourth-order valence-electron chi connectivity index (χ4n) is 4.30. The topological polar surface area (TPSA) is 40.1 Å². The summed E-state index contributed by atoms with van der Waals surface area (Å²) in [6.45, 7) is 6.54. The van der Waals surface area contributed by atoms with Crippen molar-refractivity contribution in [3.8, 4) is 0 Å². The average Bonchev–Trinajstić information content (AvgIpc) is 3.24. The Morgan fingerprint density at radius 1 is 1.00 bits per heavy atom. The minimum Gasteiger partial charge on any atom is -0.378 e. The number of aliphatic imine (C=N–C) groups is 1. The predicted molar refractivity (Wildman–Crippen MR) is 135 cm³/mol. The third-order valence-corrected chi connectivity index (χ3v) is 5.93. The van der Waals surface area contributed by atoms with Crippen LogP contribution in [0.5, 0.6) is 0 Å². The lowest BCUT2D eigenvalue weighted by molar-refractivity contribution is 0.122. The van der Waals surface area contributed by atoms with Crippen LogP contribution in [0.1, 0.15) is 17.5 Å². The molecule has 2 aliphatic rings. The van der Waals surface area contributed by atoms with E-state index < -0.39 is 0 Å². The second kappa shape index (κ2) is 11.6. The van der Waals surface area contributed by atoms with Crippen LogP contribution in [0.4, 0.5) is 5.69 Å². The van der Waals surface area contributed by atoms with Crippen LogP contribution in [-0.4, -0.2) is 57.3 Å². The van der Waals surface area contributed by atoms with Crippen molar-refractivity contribution in [2.24, 2.45) is 10.9 Å². The molecule has 2 aromatic rings. The van der Waals surface area contributed by atoms with Crippen LogP contribution in [0.25, 0.3) is 0 Å². The van der Waals surface area contributed by atoms with E-state index in [1.165, 1.54) is 23.2 Å². The van der Waals surface area contributed by atoms with Crippen molar-refractivity contribution in [1.29, 1.82) is 0 Å². The molecule has 2 fully saturated rings. The number of nitrogens with one attached hydrogen (secondary N) is 1. The molecule has 0 radical (unpaired) electrons. The van der Waals surface area contributed by atoms with Crippen molar-refractivity contribution in [2.75, 3.05) is 51.3 Å². The van der Waals surface area contributed by atoms with E-state index in [-0.39, 0.29) is 24.0 Å². The molecule has 2 aromatic carbocycles. The Morgan fingerprint density at radius 3 is 2.43 bits per heavy atom. The standard InChI is InChI=1S/C24H32N4O.HI/c1-25-24(28-12-11-22(19-28)17-20-5-3-2-4-6-20)26-18-21-7-9-23(10-8-21)27-13-15-29-16-14-27;/h2-10,22H,11-19H2,1H3,(H,25,26);1H. The minimum absolute atomic E-state index is 0. The van der Waals surface area contributed by atoms with Gasteiger partial charge in [-0.3, -0.25) is 4.99 Å². The summed E-state index contributed by atoms with van der Waals surface area (Å²) in [7, 11) is 1.88. The number of nitrogens with zero attached hydrogens (tertiary/aromatic N) is 3. The lowest BCUT2D eigenvalue weighted by Gasteiger charge is -2.29. The van der Waals surface area contributed by atoms with Gasteiger partial charge in [0.2, 0.25) is 0 Å². The van der Waals surface area contributed by atoms with Crippen molar-refractivity contribution < 1.29 is 4.74 Å². The molecule has 2 saturated heterocycles. The van der Waals surface area contributed by atoms with E-state index in [1.54, 1.807) is 0 Å². The number of morpholine rings is 1. The number of ether oxygens (including phenoxy) is 1. The number of hydrogen-bond donors (Lipinski definition) is 1. The van der Waals surface area contributed by atoms with Gasteiger partial charge < -0.3 is 19.9 Å². The van der Waals surface area contributed by atoms with E-state index in [9.17, 15) is 0 Å². The Kier molecular flexibility index (Phi) is 8.81. The predicted octanol–water partition coefficient (Wildman–Crippen LogP) is 3.78. The number of likely N-dealkylation sites (tertiary alicyclic amines) is 1. The molecular formula is C24H33IN4O. The molecular weight excluding hydrogens is 487 g/mol. The Hall–Kier alpha value is -1.80. The summed E-state index contributed by atoms with van der Waals surface area (Å²) in [5, 5.41) is 3.55. The molecule has 162 valence electrons. The van der Waals surface area contributed by atoms with E-state index in [0.717, 1.165) is 58.3 Å². The van der Waals surface area contributed by atoms with Crippen LogP contribution in [0.2, 0.25) is 0 Å². The first-order chi connectivity index (χ1) is 14.3. The maximum absolute atomic E-state index is 5.44. The fourth-order valence-corrected chi connectivity index (χ4v) is 4.30. The Morgan fingerprint density at radius 2 is 1.73 bits per heavy atom. The van der Waals surface area contributed by atoms with Crippen LogP contribution in [-0.2, 0) is 17.7 Å². The second-order valence-corrected chi connectivity index (χ2v) is 7.96. The molecule has 1 atom stereocenters. The average molecular weight is 520 g/mol. The SMILES string of the molecule is CN=C(NCc1ccc(N2CCOCC2)cc1)N1CCC(Cc2ccccc2)C1.I. The van der Waals surface area contributed by atoms with Crippen LogP contribution in [0, 0.1) is 5.92 Å². The first-order valence-corrected chi connectivity index (χ1v) is 10.7. The highest BCUT2D eigenvalue weighted by atomic mass is 127. The summed E-state index contributed by atoms with van der Waals surface area (Å²) in [5.74, 6) is 1.71. The van der Waals surface area contributed by atoms with Crippen LogP contribution in [0.15, 0.2) is 59.6 Å². The number of hydrogen-bond acceptors (Lipinski definition) is 3. The summed E-state index contributed by atoms with van der Waals surface area (Å²) in [5.41, 5.74) is 4.00. The maximum atomic E-state index is 5.44. The highest BCUT2D eigenvalue weighted by Crippen LogP contribution is 2.21. The van der Waals surface area contributed by atoms with E-state index in [0.29, 0.717) is 5.92 Å². The number of anilines is 1. The molecule has 0 spiro atoms. The Bertz CT molecular complexity index is 791. The zero-order valence-corrected chi connectivity index (χ0v) is 20.1. The molecule has 6 heteroatoms. The number of guanidine groups is 1. The van der Waals surface area contributed by atoms with Gasteiger partial charge in [0.15, 0.2) is 5.96 Å². The van der Waals surface area contributed by atoms with Gasteiger partial charge in [-0.05, 0) is 42.0 Å². The maximum Gasteiger partial charge on any atom is 0.193 e. The van der Waals surface area contributed by atoms with Gasteiger partial charge in [0.25, 0.3) is 0 Å². The molecule has 1 unspecified atom stereocenters. The monoisotopic (exact) mass is 520 g/mol. The van der Waals surface area contributed by atoms with Gasteiger partial charge in [-0.2, -0.15) is 0 Å². The molecule has 5 nitrogen and oxygen atoms in total. The van der Waals surface area contributed by atoms with Gasteiger partial charge in [-0.15, -0.1) is 24.0 Å². The molecule has 2 aliphatic heterocycles. The van der Waals surface area contributed by atoms with Gasteiger partial charge in [-0.25, -0.2) is 0 Å². The quantitative estimate of drug-likeness (QED) is 0.370. The summed E-state index contributed by atoms with van der Waals surface area (Å²) in [4.78, 5) is 9.31. The third kappa shape index (κ3) is 6.11. The van der Waals surface area contributed by atoms with Gasteiger partial charge in [-0.1, -0.05) is 42.5 Å². The molecule has 2 heterocycles. The van der Waals surface area contributed by atoms with Gasteiger partial charge in [0, 0.05) is 45.5 Å². The molecule has 30 heavy (non-hydrogen) atoms. The van der Waals surface area contributed by atoms with E-state index in [4.69, 9.17) is 4.74 Å². The van der Waals surface area contributed by atoms with E-state index in [2.05, 4.69) is 74.7 Å². The van der Waals surface area contributed by atoms with Gasteiger partial charge in [0.05, 0.1) is 13.2 Å². The number of rotatable bonds is 5. The molecule has 0 aromatic heterocycles. The fraction of sp³-hybridized carbons (Fsp3) is 0.458. The smallest absolute Gasteiger partial charge is 0.193 e. The van der Waals surface area contributed by atoms with Gasteiger partial charge >= 0.3 is 0 Å². The Labute approximate surface area is 197 Å². The number of benzene rings is 2. The zero-order chi connectivity index (χ0) is 19.9. The normalized spacial score (nSPS) is 19.5. The van der Waals surface area contributed by atoms with Crippen LogP contribution in [0.3, 0.4) is 0 Å². The highest BCUT2D eigenvalue weighted by Gasteiger charge is 2.24. The summed E-state index contributed by atoms with van der Waals surface area (Å²) < 4.78 is 5.44. The van der Waals surface area contributed by atoms with Crippen molar-refractivity contribution >= 4 is 35.6 Å². The lowest BCUT2D eigenvalue weighted by Crippen LogP contribution is -2.39. The second-order valence-electron chi connectivity index (χ2n) is 7.96. The highest BCUT2D eigenvalue weighted by molar-refractivity contribution is 14.0. The van der Waals surface area contributed by atoms with E-state index >= 15 is 0 Å². The zero-order valence-electron chi connectivity index (χ0n) is 17.8. The lowest BCUT2D eigenvalue weighted by atomic mass is 9.99. The molecule has 4 rings (SSSR count). The summed E-state index contributed by atoms with van der Waals surface area (Å²) in [6, 6.07) is 19.7. The molecule has 0 aliphatic carbocycles. The first kappa shape index (κ1) is 22.9. The molecule has 0 bridgehead atoms. The summed E-state index contributed by atoms with van der Waals surface area (Å²) >= 11 is 0. The molecule has 0 amide bonds. The Balaban J connectivity index is 0.00000256. The van der Waals surface area contributed by atoms with Crippen molar-refractivity contribution in [3.05, 3.63) is 65.7 Å². The van der Waals surface area contributed by atoms with E-state index in [1.807, 2.05) is 7.05 Å². The first-order valence-electron chi connectivity index (χ1n) is 10.7. The van der Waals surface area contributed by atoms with Crippen molar-refractivity contribution in [2.45, 2.75) is 19.4 Å². The molecule has 0 saturated carbocycles. The largest absolute Gasteiger partial charge is 0.378 e.